The molecule has 1 aliphatic heterocycles. The minimum Gasteiger partial charge on any atom is -0.364 e. The third kappa shape index (κ3) is 4.93. The summed E-state index contributed by atoms with van der Waals surface area (Å²) >= 11 is 0. The van der Waals surface area contributed by atoms with Crippen molar-refractivity contribution in [3.8, 4) is 0 Å². The highest BCUT2D eigenvalue weighted by atomic mass is 32.1. The van der Waals surface area contributed by atoms with Crippen LogP contribution in [0.5, 0.6) is 0 Å². The number of aryl methyl sites for hydroxylation is 1. The van der Waals surface area contributed by atoms with Crippen molar-refractivity contribution in [2.75, 3.05) is 22.6 Å². The molecule has 2 aromatic heterocycles. The second-order valence-corrected chi connectivity index (χ2v) is 7.80. The molecule has 13 heteroatoms. The van der Waals surface area contributed by atoms with Gasteiger partial charge in [0, 0.05) is 13.1 Å². The lowest BCUT2D eigenvalue weighted by atomic mass is 10.1. The summed E-state index contributed by atoms with van der Waals surface area (Å²) in [4.78, 5) is 18.3. The molecule has 182 valence electrons. The van der Waals surface area contributed by atoms with E-state index in [4.69, 9.17) is 0 Å². The lowest BCUT2D eigenvalue weighted by Crippen LogP contribution is -2.44. The van der Waals surface area contributed by atoms with E-state index in [9.17, 15) is 22.4 Å². The normalized spacial score (nSPS) is 15.4. The van der Waals surface area contributed by atoms with Crippen molar-refractivity contribution in [2.24, 2.45) is 0 Å². The number of anilines is 3. The van der Waals surface area contributed by atoms with Crippen LogP contribution >= 0.6 is 13.5 Å². The van der Waals surface area contributed by atoms with E-state index in [1.54, 1.807) is 19.9 Å². The molecule has 0 radical (unpaired) electrons. The van der Waals surface area contributed by atoms with Crippen LogP contribution in [0.3, 0.4) is 0 Å². The summed E-state index contributed by atoms with van der Waals surface area (Å²) in [6.07, 6.45) is -3.33. The van der Waals surface area contributed by atoms with Crippen LogP contribution in [0, 0.1) is 12.7 Å². The maximum atomic E-state index is 13.8. The standard InChI is InChI=1S/C21H21F4N7O.H2S/c1-11-19-16(31(3)12(2)20(33)28-19)7-17(27-11)26-8-14-10-32(30-29-14)9-13-5-4-6-15(22)18(13)21(23,24)25;/h4-7,10,12H,8-9H2,1-3H3,(H,26,27)(H,28,33);1H2/t12-;/m0./s1. The molecule has 1 aromatic carbocycles. The first kappa shape index (κ1) is 25.3. The number of pyridine rings is 1. The van der Waals surface area contributed by atoms with Crippen LogP contribution in [-0.4, -0.2) is 39.0 Å². The van der Waals surface area contributed by atoms with E-state index in [1.165, 1.54) is 23.0 Å². The first-order valence-electron chi connectivity index (χ1n) is 10.1. The fraction of sp³-hybridized carbons (Fsp3) is 0.333. The predicted molar refractivity (Wildman–Crippen MR) is 124 cm³/mol. The molecule has 4 rings (SSSR count). The highest BCUT2D eigenvalue weighted by Crippen LogP contribution is 2.35. The zero-order valence-electron chi connectivity index (χ0n) is 18.5. The molecular weight excluding hydrogens is 474 g/mol. The monoisotopic (exact) mass is 497 g/mol. The Morgan fingerprint density at radius 1 is 1.26 bits per heavy atom. The van der Waals surface area contributed by atoms with E-state index >= 15 is 0 Å². The van der Waals surface area contributed by atoms with Gasteiger partial charge < -0.3 is 15.5 Å². The summed E-state index contributed by atoms with van der Waals surface area (Å²) in [5.74, 6) is -0.897. The molecule has 2 N–H and O–H groups in total. The molecule has 0 fully saturated rings. The van der Waals surface area contributed by atoms with Crippen LogP contribution < -0.4 is 15.5 Å². The summed E-state index contributed by atoms with van der Waals surface area (Å²) in [7, 11) is 1.82. The molecule has 0 aliphatic carbocycles. The molecule has 0 saturated heterocycles. The van der Waals surface area contributed by atoms with Crippen LogP contribution in [0.1, 0.15) is 29.4 Å². The average molecular weight is 498 g/mol. The van der Waals surface area contributed by atoms with E-state index in [-0.39, 0.29) is 44.1 Å². The van der Waals surface area contributed by atoms with E-state index in [0.717, 1.165) is 11.8 Å². The van der Waals surface area contributed by atoms with Crippen LogP contribution in [0.15, 0.2) is 30.5 Å². The molecule has 3 aromatic rings. The third-order valence-electron chi connectivity index (χ3n) is 5.52. The largest absolute Gasteiger partial charge is 0.419 e. The van der Waals surface area contributed by atoms with Gasteiger partial charge in [-0.2, -0.15) is 26.7 Å². The number of likely N-dealkylation sites (N-methyl/N-ethyl adjacent to an activating group) is 1. The number of nitrogens with one attached hydrogen (secondary N) is 2. The quantitative estimate of drug-likeness (QED) is 0.523. The minimum atomic E-state index is -4.81. The Labute approximate surface area is 199 Å². The smallest absolute Gasteiger partial charge is 0.364 e. The SMILES string of the molecule is Cc1nc(NCc2cn(Cc3cccc(F)c3C(F)(F)F)nn2)cc2c1NC(=O)[C@H](C)N2C.S. The highest BCUT2D eigenvalue weighted by molar-refractivity contribution is 7.59. The van der Waals surface area contributed by atoms with Crippen molar-refractivity contribution in [3.63, 3.8) is 0 Å². The maximum absolute atomic E-state index is 13.8. The van der Waals surface area contributed by atoms with Crippen LogP contribution in [0.4, 0.5) is 34.8 Å². The van der Waals surface area contributed by atoms with Crippen molar-refractivity contribution < 1.29 is 22.4 Å². The van der Waals surface area contributed by atoms with Crippen LogP contribution in [0.2, 0.25) is 0 Å². The number of halogens is 4. The molecule has 1 amide bonds. The fourth-order valence-corrected chi connectivity index (χ4v) is 3.66. The number of rotatable bonds is 5. The Hall–Kier alpha value is -3.35. The van der Waals surface area contributed by atoms with Gasteiger partial charge in [-0.05, 0) is 25.5 Å². The molecule has 0 saturated carbocycles. The number of carbonyl (C=O) groups is 1. The van der Waals surface area contributed by atoms with Crippen molar-refractivity contribution in [1.29, 1.82) is 0 Å². The van der Waals surface area contributed by atoms with Gasteiger partial charge in [-0.25, -0.2) is 14.1 Å². The number of alkyl halides is 3. The Morgan fingerprint density at radius 3 is 2.71 bits per heavy atom. The Bertz CT molecular complexity index is 1210. The van der Waals surface area contributed by atoms with Gasteiger partial charge in [0.15, 0.2) is 0 Å². The van der Waals surface area contributed by atoms with Gasteiger partial charge >= 0.3 is 6.18 Å². The number of carbonyl (C=O) groups excluding carboxylic acids is 1. The second-order valence-electron chi connectivity index (χ2n) is 7.80. The summed E-state index contributed by atoms with van der Waals surface area (Å²) in [6.45, 7) is 3.51. The molecule has 1 aliphatic rings. The van der Waals surface area contributed by atoms with Crippen LogP contribution in [-0.2, 0) is 24.1 Å². The van der Waals surface area contributed by atoms with E-state index in [2.05, 4.69) is 25.9 Å². The number of nitrogens with zero attached hydrogens (tertiary/aromatic N) is 5. The van der Waals surface area contributed by atoms with Gasteiger partial charge in [-0.3, -0.25) is 4.79 Å². The summed E-state index contributed by atoms with van der Waals surface area (Å²) in [5, 5.41) is 13.8. The number of hydrogen-bond acceptors (Lipinski definition) is 6. The van der Waals surface area contributed by atoms with Gasteiger partial charge in [0.2, 0.25) is 5.91 Å². The van der Waals surface area contributed by atoms with Crippen molar-refractivity contribution in [2.45, 2.75) is 39.2 Å². The molecule has 34 heavy (non-hydrogen) atoms. The summed E-state index contributed by atoms with van der Waals surface area (Å²) in [5.41, 5.74) is 1.01. The molecule has 0 bridgehead atoms. The zero-order valence-corrected chi connectivity index (χ0v) is 19.5. The van der Waals surface area contributed by atoms with Crippen molar-refractivity contribution in [1.82, 2.24) is 20.0 Å². The third-order valence-corrected chi connectivity index (χ3v) is 5.52. The number of benzene rings is 1. The molecule has 3 heterocycles. The predicted octanol–water partition coefficient (Wildman–Crippen LogP) is 3.69. The number of amides is 1. The van der Waals surface area contributed by atoms with E-state index in [0.29, 0.717) is 22.9 Å². The molecule has 0 unspecified atom stereocenters. The summed E-state index contributed by atoms with van der Waals surface area (Å²) in [6, 6.07) is 4.67. The Morgan fingerprint density at radius 2 is 2.00 bits per heavy atom. The molecule has 0 spiro atoms. The number of fused-ring (bicyclic) bond motifs is 1. The van der Waals surface area contributed by atoms with Crippen LogP contribution in [0.25, 0.3) is 0 Å². The highest BCUT2D eigenvalue weighted by Gasteiger charge is 2.36. The topological polar surface area (TPSA) is 88.0 Å². The lowest BCUT2D eigenvalue weighted by Gasteiger charge is -2.34. The number of aromatic nitrogens is 4. The number of hydrogen-bond donors (Lipinski definition) is 2. The Kier molecular flexibility index (Phi) is 7.05. The van der Waals surface area contributed by atoms with E-state index < -0.39 is 17.6 Å². The van der Waals surface area contributed by atoms with Crippen molar-refractivity contribution >= 4 is 36.6 Å². The second kappa shape index (κ2) is 9.49. The van der Waals surface area contributed by atoms with Gasteiger partial charge in [0.05, 0.1) is 41.9 Å². The first-order valence-corrected chi connectivity index (χ1v) is 10.1. The zero-order chi connectivity index (χ0) is 23.9. The van der Waals surface area contributed by atoms with Gasteiger partial charge in [0.25, 0.3) is 0 Å². The first-order chi connectivity index (χ1) is 15.5. The van der Waals surface area contributed by atoms with Gasteiger partial charge in [-0.1, -0.05) is 17.3 Å². The average Bonchev–Trinajstić information content (AvgIpc) is 3.18. The van der Waals surface area contributed by atoms with Gasteiger partial charge in [-0.15, -0.1) is 5.10 Å². The lowest BCUT2D eigenvalue weighted by molar-refractivity contribution is -0.140. The maximum Gasteiger partial charge on any atom is 0.419 e. The van der Waals surface area contributed by atoms with E-state index in [1.807, 2.05) is 11.9 Å². The molecular formula is C21H23F4N7OS. The van der Waals surface area contributed by atoms with Gasteiger partial charge in [0.1, 0.15) is 23.4 Å². The summed E-state index contributed by atoms with van der Waals surface area (Å²) < 4.78 is 54.7. The molecule has 1 atom stereocenters. The fourth-order valence-electron chi connectivity index (χ4n) is 3.66. The Balaban J connectivity index is 0.00000324. The minimum absolute atomic E-state index is 0. The molecule has 8 nitrogen and oxygen atoms in total. The van der Waals surface area contributed by atoms with Crippen molar-refractivity contribution in [3.05, 3.63) is 58.8 Å².